The van der Waals surface area contributed by atoms with E-state index in [2.05, 4.69) is 35.7 Å². The normalized spacial score (nSPS) is 18.2. The lowest BCUT2D eigenvalue weighted by Crippen LogP contribution is -2.49. The van der Waals surface area contributed by atoms with E-state index in [1.54, 1.807) is 6.20 Å². The SMILES string of the molecule is N#CN=C(N1CCOCC1)N1CCn2cc(C3=C(c4cnc5ccccn45)C(=O)NC3=O)c3cccc(c32)C1. The highest BCUT2D eigenvalue weighted by molar-refractivity contribution is 6.49. The Morgan fingerprint density at radius 1 is 1.00 bits per heavy atom. The first-order valence-electron chi connectivity index (χ1n) is 12.8. The number of pyridine rings is 1. The van der Waals surface area contributed by atoms with Gasteiger partial charge >= 0.3 is 0 Å². The molecule has 0 unspecified atom stereocenters. The number of nitrogens with one attached hydrogen (secondary N) is 1. The summed E-state index contributed by atoms with van der Waals surface area (Å²) in [5, 5.41) is 12.8. The summed E-state index contributed by atoms with van der Waals surface area (Å²) in [5.41, 5.74) is 4.70. The Morgan fingerprint density at radius 2 is 1.85 bits per heavy atom. The van der Waals surface area contributed by atoms with Gasteiger partial charge in [0, 0.05) is 56.1 Å². The zero-order valence-electron chi connectivity index (χ0n) is 21.0. The van der Waals surface area contributed by atoms with Crippen LogP contribution in [0.1, 0.15) is 16.8 Å². The predicted molar refractivity (Wildman–Crippen MR) is 143 cm³/mol. The number of aromatic nitrogens is 3. The molecule has 1 fully saturated rings. The number of benzene rings is 1. The van der Waals surface area contributed by atoms with Gasteiger partial charge in [0.2, 0.25) is 12.2 Å². The number of nitrogens with zero attached hydrogens (tertiary/aromatic N) is 7. The number of hydrogen-bond donors (Lipinski definition) is 1. The molecule has 1 aromatic carbocycles. The summed E-state index contributed by atoms with van der Waals surface area (Å²) in [6.07, 6.45) is 7.41. The standard InChI is InChI=1S/C28H24N8O3/c29-17-31-28(33-10-12-39-13-11-33)35-9-8-34-16-20(19-5-3-4-18(15-35)25(19)34)23-24(27(38)32-26(23)37)21-14-30-22-6-1-2-7-36(21)22/h1-7,14,16H,8-13,15H2,(H,32,37,38). The maximum atomic E-state index is 13.2. The van der Waals surface area contributed by atoms with Crippen molar-refractivity contribution < 1.29 is 14.3 Å². The number of imide groups is 1. The third-order valence-corrected chi connectivity index (χ3v) is 7.55. The quantitative estimate of drug-likeness (QED) is 0.185. The van der Waals surface area contributed by atoms with E-state index >= 15 is 0 Å². The predicted octanol–water partition coefficient (Wildman–Crippen LogP) is 1.84. The van der Waals surface area contributed by atoms with Crippen LogP contribution in [-0.2, 0) is 27.4 Å². The Bertz CT molecular complexity index is 1770. The molecule has 0 aliphatic carbocycles. The van der Waals surface area contributed by atoms with Gasteiger partial charge in [0.05, 0.1) is 41.8 Å². The summed E-state index contributed by atoms with van der Waals surface area (Å²) in [5.74, 6) is -0.194. The lowest BCUT2D eigenvalue weighted by Gasteiger charge is -2.35. The lowest BCUT2D eigenvalue weighted by molar-refractivity contribution is -0.122. The van der Waals surface area contributed by atoms with Crippen LogP contribution in [0.4, 0.5) is 0 Å². The van der Waals surface area contributed by atoms with E-state index in [-0.39, 0.29) is 0 Å². The average molecular weight is 521 g/mol. The summed E-state index contributed by atoms with van der Waals surface area (Å²) in [6, 6.07) is 11.6. The van der Waals surface area contributed by atoms with Crippen LogP contribution in [0.15, 0.2) is 60.0 Å². The summed E-state index contributed by atoms with van der Waals surface area (Å²) in [4.78, 5) is 39.2. The number of morpholine rings is 1. The number of guanidine groups is 1. The van der Waals surface area contributed by atoms with E-state index in [1.165, 1.54) is 0 Å². The van der Waals surface area contributed by atoms with Gasteiger partial charge in [-0.3, -0.25) is 19.3 Å². The van der Waals surface area contributed by atoms with Gasteiger partial charge in [-0.15, -0.1) is 4.99 Å². The van der Waals surface area contributed by atoms with Gasteiger partial charge in [-0.2, -0.15) is 5.26 Å². The molecule has 7 rings (SSSR count). The number of para-hydroxylation sites is 1. The Labute approximate surface area is 223 Å². The second kappa shape index (κ2) is 9.11. The van der Waals surface area contributed by atoms with Gasteiger partial charge in [-0.05, 0) is 17.7 Å². The first kappa shape index (κ1) is 23.2. The maximum Gasteiger partial charge on any atom is 0.261 e. The molecule has 3 aliphatic rings. The molecule has 0 spiro atoms. The Balaban J connectivity index is 1.35. The van der Waals surface area contributed by atoms with Crippen molar-refractivity contribution in [2.45, 2.75) is 13.1 Å². The molecule has 194 valence electrons. The zero-order chi connectivity index (χ0) is 26.5. The van der Waals surface area contributed by atoms with Crippen LogP contribution in [0.3, 0.4) is 0 Å². The fraction of sp³-hybridized carbons (Fsp3) is 0.250. The smallest absolute Gasteiger partial charge is 0.261 e. The topological polar surface area (TPSA) is 120 Å². The zero-order valence-corrected chi connectivity index (χ0v) is 21.0. The largest absolute Gasteiger partial charge is 0.378 e. The van der Waals surface area contributed by atoms with Crippen molar-refractivity contribution in [1.82, 2.24) is 29.1 Å². The molecule has 1 N–H and O–H groups in total. The van der Waals surface area contributed by atoms with Gasteiger partial charge in [-0.1, -0.05) is 24.3 Å². The molecule has 39 heavy (non-hydrogen) atoms. The average Bonchev–Trinajstić information content (AvgIpc) is 3.58. The van der Waals surface area contributed by atoms with Crippen LogP contribution in [-0.4, -0.2) is 74.4 Å². The van der Waals surface area contributed by atoms with E-state index in [1.807, 2.05) is 53.3 Å². The molecular weight excluding hydrogens is 496 g/mol. The Kier molecular flexibility index (Phi) is 5.42. The first-order valence-corrected chi connectivity index (χ1v) is 12.8. The number of nitriles is 1. The van der Waals surface area contributed by atoms with Crippen molar-refractivity contribution in [2.75, 3.05) is 32.8 Å². The monoisotopic (exact) mass is 520 g/mol. The molecule has 11 heteroatoms. The van der Waals surface area contributed by atoms with Gasteiger partial charge in [0.15, 0.2) is 0 Å². The highest BCUT2D eigenvalue weighted by atomic mass is 16.5. The van der Waals surface area contributed by atoms with Crippen LogP contribution in [0, 0.1) is 11.5 Å². The third kappa shape index (κ3) is 3.68. The van der Waals surface area contributed by atoms with Crippen molar-refractivity contribution >= 4 is 45.5 Å². The van der Waals surface area contributed by atoms with Crippen LogP contribution in [0.5, 0.6) is 0 Å². The fourth-order valence-electron chi connectivity index (χ4n) is 5.85. The van der Waals surface area contributed by atoms with E-state index in [4.69, 9.17) is 4.74 Å². The molecular formula is C28H24N8O3. The second-order valence-electron chi connectivity index (χ2n) is 9.69. The highest BCUT2D eigenvalue weighted by Gasteiger charge is 2.36. The highest BCUT2D eigenvalue weighted by Crippen LogP contribution is 2.38. The number of carbonyl (C=O) groups is 2. The molecule has 11 nitrogen and oxygen atoms in total. The number of carbonyl (C=O) groups excluding carboxylic acids is 2. The van der Waals surface area contributed by atoms with Crippen molar-refractivity contribution in [3.63, 3.8) is 0 Å². The lowest BCUT2D eigenvalue weighted by atomic mass is 9.98. The molecule has 4 aromatic rings. The summed E-state index contributed by atoms with van der Waals surface area (Å²) in [7, 11) is 0. The van der Waals surface area contributed by atoms with E-state index in [0.29, 0.717) is 79.9 Å². The Hall–Kier alpha value is -4.95. The molecule has 0 atom stereocenters. The number of fused-ring (bicyclic) bond motifs is 1. The van der Waals surface area contributed by atoms with E-state index < -0.39 is 11.8 Å². The molecule has 0 bridgehead atoms. The summed E-state index contributed by atoms with van der Waals surface area (Å²) < 4.78 is 9.45. The van der Waals surface area contributed by atoms with Crippen molar-refractivity contribution in [2.24, 2.45) is 4.99 Å². The number of aliphatic imine (C=N–C) groups is 1. The summed E-state index contributed by atoms with van der Waals surface area (Å²) in [6.45, 7) is 4.37. The van der Waals surface area contributed by atoms with Crippen molar-refractivity contribution in [3.8, 4) is 6.19 Å². The molecule has 0 radical (unpaired) electrons. The number of imidazole rings is 1. The van der Waals surface area contributed by atoms with Crippen LogP contribution >= 0.6 is 0 Å². The number of rotatable bonds is 2. The van der Waals surface area contributed by atoms with E-state index in [0.717, 1.165) is 16.5 Å². The van der Waals surface area contributed by atoms with Gasteiger partial charge in [0.1, 0.15) is 5.65 Å². The van der Waals surface area contributed by atoms with Gasteiger partial charge in [0.25, 0.3) is 11.8 Å². The Morgan fingerprint density at radius 3 is 2.69 bits per heavy atom. The minimum Gasteiger partial charge on any atom is -0.378 e. The van der Waals surface area contributed by atoms with Gasteiger partial charge in [-0.25, -0.2) is 4.98 Å². The maximum absolute atomic E-state index is 13.2. The van der Waals surface area contributed by atoms with Crippen LogP contribution in [0.2, 0.25) is 0 Å². The van der Waals surface area contributed by atoms with Crippen LogP contribution in [0.25, 0.3) is 27.7 Å². The van der Waals surface area contributed by atoms with E-state index in [9.17, 15) is 14.9 Å². The van der Waals surface area contributed by atoms with Gasteiger partial charge < -0.3 is 19.1 Å². The third-order valence-electron chi connectivity index (χ3n) is 7.55. The van der Waals surface area contributed by atoms with Crippen molar-refractivity contribution in [3.05, 3.63) is 71.8 Å². The van der Waals surface area contributed by atoms with Crippen LogP contribution < -0.4 is 5.32 Å². The number of amides is 2. The van der Waals surface area contributed by atoms with Crippen molar-refractivity contribution in [1.29, 1.82) is 5.26 Å². The second-order valence-corrected chi connectivity index (χ2v) is 9.69. The molecule has 3 aromatic heterocycles. The molecule has 6 heterocycles. The molecule has 3 aliphatic heterocycles. The molecule has 2 amide bonds. The minimum atomic E-state index is -0.432. The number of ether oxygens (including phenoxy) is 1. The minimum absolute atomic E-state index is 0.317. The summed E-state index contributed by atoms with van der Waals surface area (Å²) >= 11 is 0. The fourth-order valence-corrected chi connectivity index (χ4v) is 5.85. The first-order chi connectivity index (χ1) is 19.1. The molecule has 0 saturated carbocycles. The molecule has 1 saturated heterocycles. The number of hydrogen-bond acceptors (Lipinski definition) is 6.